The molecule has 0 fully saturated rings. The number of nitrogens with zero attached hydrogens (tertiary/aromatic N) is 1. The highest BCUT2D eigenvalue weighted by Crippen LogP contribution is 2.29. The van der Waals surface area contributed by atoms with Crippen molar-refractivity contribution in [2.24, 2.45) is 10.7 Å². The van der Waals surface area contributed by atoms with Crippen molar-refractivity contribution in [1.29, 1.82) is 0 Å². The number of benzene rings is 1. The highest BCUT2D eigenvalue weighted by atomic mass is 35.5. The van der Waals surface area contributed by atoms with Crippen molar-refractivity contribution >= 4 is 59.7 Å². The van der Waals surface area contributed by atoms with E-state index in [2.05, 4.69) is 15.6 Å². The number of guanidine groups is 1. The summed E-state index contributed by atoms with van der Waals surface area (Å²) in [7, 11) is 0. The summed E-state index contributed by atoms with van der Waals surface area (Å²) in [4.78, 5) is 4.15. The predicted octanol–water partition coefficient (Wildman–Crippen LogP) is 2.49. The predicted molar refractivity (Wildman–Crippen MR) is 78.0 cm³/mol. The maximum Gasteiger partial charge on any atom is 0.197 e. The van der Waals surface area contributed by atoms with Crippen molar-refractivity contribution in [3.05, 3.63) is 28.2 Å². The van der Waals surface area contributed by atoms with Gasteiger partial charge in [-0.2, -0.15) is 0 Å². The lowest BCUT2D eigenvalue weighted by Crippen LogP contribution is -2.40. The molecule has 4 N–H and O–H groups in total. The van der Waals surface area contributed by atoms with Crippen LogP contribution in [0.3, 0.4) is 0 Å². The van der Waals surface area contributed by atoms with Gasteiger partial charge in [0.05, 0.1) is 28.4 Å². The number of nitrogens with one attached hydrogen (secondary N) is 2. The van der Waals surface area contributed by atoms with E-state index in [9.17, 15) is 0 Å². The lowest BCUT2D eigenvalue weighted by molar-refractivity contribution is 0.691. The fourth-order valence-corrected chi connectivity index (χ4v) is 1.76. The molecule has 0 aromatic heterocycles. The fourth-order valence-electron chi connectivity index (χ4n) is 1.27. The Labute approximate surface area is 122 Å². The first kappa shape index (κ1) is 16.6. The van der Waals surface area contributed by atoms with Crippen LogP contribution < -0.4 is 16.4 Å². The van der Waals surface area contributed by atoms with Crippen LogP contribution in [0.15, 0.2) is 23.2 Å². The second-order valence-electron chi connectivity index (χ2n) is 3.16. The molecule has 1 aliphatic heterocycles. The standard InChI is InChI=1S/C9H10Cl2N4.2ClH/c10-5-2-1-3-6(11)8(5)15-9-13-4-7(12)14-9;;/h1-3,7H,4,12H2,(H2,13,14,15);2*1H. The first-order valence-corrected chi connectivity index (χ1v) is 5.20. The number of anilines is 1. The van der Waals surface area contributed by atoms with Crippen molar-refractivity contribution in [2.75, 3.05) is 11.9 Å². The van der Waals surface area contributed by atoms with Crippen molar-refractivity contribution < 1.29 is 0 Å². The van der Waals surface area contributed by atoms with E-state index in [4.69, 9.17) is 28.9 Å². The number of rotatable bonds is 1. The molecule has 1 unspecified atom stereocenters. The van der Waals surface area contributed by atoms with E-state index in [1.165, 1.54) is 0 Å². The molecular weight excluding hydrogens is 306 g/mol. The molecule has 0 aliphatic carbocycles. The van der Waals surface area contributed by atoms with Gasteiger partial charge in [-0.3, -0.25) is 0 Å². The number of nitrogens with two attached hydrogens (primary N) is 1. The summed E-state index contributed by atoms with van der Waals surface area (Å²) in [6.45, 7) is 0.546. The van der Waals surface area contributed by atoms with Crippen LogP contribution in [-0.4, -0.2) is 18.7 Å². The average Bonchev–Trinajstić information content (AvgIpc) is 2.58. The van der Waals surface area contributed by atoms with E-state index in [0.717, 1.165) is 0 Å². The lowest BCUT2D eigenvalue weighted by Gasteiger charge is -2.11. The molecule has 0 saturated carbocycles. The molecule has 8 heteroatoms. The smallest absolute Gasteiger partial charge is 0.197 e. The van der Waals surface area contributed by atoms with Crippen LogP contribution in [0.5, 0.6) is 0 Å². The number of hydrogen-bond acceptors (Lipinski definition) is 4. The highest BCUT2D eigenvalue weighted by molar-refractivity contribution is 6.39. The Kier molecular flexibility index (Phi) is 6.97. The van der Waals surface area contributed by atoms with Crippen LogP contribution in [0.2, 0.25) is 10.0 Å². The third kappa shape index (κ3) is 4.08. The Balaban J connectivity index is 0.00000128. The Hall–Kier alpha value is -0.390. The zero-order chi connectivity index (χ0) is 10.8. The van der Waals surface area contributed by atoms with Gasteiger partial charge in [0.25, 0.3) is 0 Å². The minimum atomic E-state index is -0.145. The van der Waals surface area contributed by atoms with Gasteiger partial charge in [0.2, 0.25) is 0 Å². The molecule has 0 spiro atoms. The molecule has 0 amide bonds. The third-order valence-electron chi connectivity index (χ3n) is 1.97. The van der Waals surface area contributed by atoms with Gasteiger partial charge in [-0.05, 0) is 12.1 Å². The Morgan fingerprint density at radius 1 is 1.29 bits per heavy atom. The van der Waals surface area contributed by atoms with Crippen LogP contribution in [0, 0.1) is 0 Å². The summed E-state index contributed by atoms with van der Waals surface area (Å²) < 4.78 is 0. The minimum Gasteiger partial charge on any atom is -0.339 e. The van der Waals surface area contributed by atoms with Crippen LogP contribution in [0.4, 0.5) is 5.69 Å². The molecule has 1 aliphatic rings. The van der Waals surface area contributed by atoms with E-state index < -0.39 is 0 Å². The topological polar surface area (TPSA) is 62.4 Å². The molecular formula is C9H12Cl4N4. The summed E-state index contributed by atoms with van der Waals surface area (Å²) in [5.41, 5.74) is 6.26. The van der Waals surface area contributed by atoms with Gasteiger partial charge in [-0.1, -0.05) is 29.3 Å². The van der Waals surface area contributed by atoms with Gasteiger partial charge in [-0.25, -0.2) is 4.99 Å². The Morgan fingerprint density at radius 3 is 2.35 bits per heavy atom. The molecule has 1 aromatic rings. The largest absolute Gasteiger partial charge is 0.339 e. The molecule has 0 bridgehead atoms. The molecule has 1 heterocycles. The van der Waals surface area contributed by atoms with E-state index >= 15 is 0 Å². The van der Waals surface area contributed by atoms with Crippen molar-refractivity contribution in [1.82, 2.24) is 5.32 Å². The van der Waals surface area contributed by atoms with Gasteiger partial charge >= 0.3 is 0 Å². The summed E-state index contributed by atoms with van der Waals surface area (Å²) in [5, 5.41) is 7.06. The maximum atomic E-state index is 5.98. The Bertz CT molecular complexity index is 390. The molecule has 0 saturated heterocycles. The summed E-state index contributed by atoms with van der Waals surface area (Å²) >= 11 is 12.0. The van der Waals surface area contributed by atoms with Crippen molar-refractivity contribution in [2.45, 2.75) is 6.17 Å². The number of aliphatic imine (C=N–C) groups is 1. The van der Waals surface area contributed by atoms with E-state index in [1.807, 2.05) is 0 Å². The van der Waals surface area contributed by atoms with Crippen LogP contribution in [0.1, 0.15) is 0 Å². The molecule has 96 valence electrons. The maximum absolute atomic E-state index is 5.98. The second kappa shape index (κ2) is 7.13. The quantitative estimate of drug-likeness (QED) is 0.745. The molecule has 0 radical (unpaired) electrons. The third-order valence-corrected chi connectivity index (χ3v) is 2.60. The zero-order valence-electron chi connectivity index (χ0n) is 8.61. The van der Waals surface area contributed by atoms with Crippen LogP contribution in [-0.2, 0) is 0 Å². The van der Waals surface area contributed by atoms with E-state index in [-0.39, 0.29) is 31.0 Å². The highest BCUT2D eigenvalue weighted by Gasteiger charge is 2.14. The van der Waals surface area contributed by atoms with Gasteiger partial charge in [0.15, 0.2) is 5.96 Å². The molecule has 17 heavy (non-hydrogen) atoms. The molecule has 4 nitrogen and oxygen atoms in total. The van der Waals surface area contributed by atoms with Gasteiger partial charge < -0.3 is 16.4 Å². The molecule has 1 aromatic carbocycles. The summed E-state index contributed by atoms with van der Waals surface area (Å²) in [5.74, 6) is 0.595. The SMILES string of the molecule is Cl.Cl.NC1CN=C(Nc2c(Cl)cccc2Cl)N1. The number of para-hydroxylation sites is 1. The zero-order valence-corrected chi connectivity index (χ0v) is 11.8. The summed E-state index contributed by atoms with van der Waals surface area (Å²) in [6.07, 6.45) is -0.145. The van der Waals surface area contributed by atoms with Crippen molar-refractivity contribution in [3.63, 3.8) is 0 Å². The monoisotopic (exact) mass is 316 g/mol. The average molecular weight is 318 g/mol. The van der Waals surface area contributed by atoms with Gasteiger partial charge in [0, 0.05) is 0 Å². The van der Waals surface area contributed by atoms with Gasteiger partial charge in [-0.15, -0.1) is 24.8 Å². The fraction of sp³-hybridized carbons (Fsp3) is 0.222. The second-order valence-corrected chi connectivity index (χ2v) is 3.98. The molecule has 1 atom stereocenters. The van der Waals surface area contributed by atoms with Crippen LogP contribution in [0.25, 0.3) is 0 Å². The molecule has 2 rings (SSSR count). The van der Waals surface area contributed by atoms with E-state index in [1.54, 1.807) is 18.2 Å². The van der Waals surface area contributed by atoms with E-state index in [0.29, 0.717) is 28.2 Å². The Morgan fingerprint density at radius 2 is 1.88 bits per heavy atom. The number of hydrogen-bond donors (Lipinski definition) is 3. The first-order chi connectivity index (χ1) is 7.16. The summed E-state index contributed by atoms with van der Waals surface area (Å²) in [6, 6.07) is 5.29. The lowest BCUT2D eigenvalue weighted by atomic mass is 10.3. The van der Waals surface area contributed by atoms with Gasteiger partial charge in [0.1, 0.15) is 0 Å². The normalized spacial score (nSPS) is 17.4. The number of halogens is 4. The van der Waals surface area contributed by atoms with Crippen molar-refractivity contribution in [3.8, 4) is 0 Å². The first-order valence-electron chi connectivity index (χ1n) is 4.44. The minimum absolute atomic E-state index is 0. The van der Waals surface area contributed by atoms with Crippen LogP contribution >= 0.6 is 48.0 Å².